The molecular formula is C13H23NO4. The van der Waals surface area contributed by atoms with Crippen LogP contribution in [0.1, 0.15) is 33.1 Å². The second kappa shape index (κ2) is 6.18. The molecule has 1 rings (SSSR count). The lowest BCUT2D eigenvalue weighted by Crippen LogP contribution is -2.51. The second-order valence-corrected chi connectivity index (χ2v) is 4.86. The van der Waals surface area contributed by atoms with Gasteiger partial charge in [-0.15, -0.1) is 0 Å². The summed E-state index contributed by atoms with van der Waals surface area (Å²) in [6.07, 6.45) is 2.00. The van der Waals surface area contributed by atoms with Crippen molar-refractivity contribution in [3.8, 4) is 0 Å². The Labute approximate surface area is 108 Å². The molecule has 0 aliphatic carbocycles. The van der Waals surface area contributed by atoms with Crippen LogP contribution in [0.4, 0.5) is 0 Å². The molecule has 1 saturated heterocycles. The highest BCUT2D eigenvalue weighted by atomic mass is 16.5. The van der Waals surface area contributed by atoms with E-state index >= 15 is 0 Å². The molecule has 1 fully saturated rings. The summed E-state index contributed by atoms with van der Waals surface area (Å²) in [5.74, 6) is -0.948. The van der Waals surface area contributed by atoms with Gasteiger partial charge < -0.3 is 14.4 Å². The molecule has 0 N–H and O–H groups in total. The zero-order chi connectivity index (χ0) is 13.8. The number of carbonyl (C=O) groups is 2. The largest absolute Gasteiger partial charge is 0.468 e. The van der Waals surface area contributed by atoms with Crippen molar-refractivity contribution in [3.63, 3.8) is 0 Å². The third kappa shape index (κ3) is 2.66. The van der Waals surface area contributed by atoms with Crippen LogP contribution in [-0.4, -0.2) is 50.2 Å². The molecule has 0 saturated carbocycles. The molecule has 1 aliphatic heterocycles. The van der Waals surface area contributed by atoms with E-state index in [9.17, 15) is 9.59 Å². The van der Waals surface area contributed by atoms with Crippen molar-refractivity contribution in [2.75, 3.05) is 27.3 Å². The first kappa shape index (κ1) is 15.0. The number of esters is 2. The predicted molar refractivity (Wildman–Crippen MR) is 67.0 cm³/mol. The number of rotatable bonds is 4. The van der Waals surface area contributed by atoms with Gasteiger partial charge in [0.1, 0.15) is 0 Å². The van der Waals surface area contributed by atoms with Crippen LogP contribution in [0.2, 0.25) is 0 Å². The van der Waals surface area contributed by atoms with Crippen molar-refractivity contribution in [1.82, 2.24) is 4.90 Å². The molecule has 0 amide bonds. The van der Waals surface area contributed by atoms with E-state index in [4.69, 9.17) is 9.47 Å². The summed E-state index contributed by atoms with van der Waals surface area (Å²) < 4.78 is 9.56. The van der Waals surface area contributed by atoms with Gasteiger partial charge in [-0.05, 0) is 26.2 Å². The molecule has 1 heterocycles. The van der Waals surface area contributed by atoms with E-state index < -0.39 is 17.4 Å². The highest BCUT2D eigenvalue weighted by molar-refractivity contribution is 6.00. The maximum absolute atomic E-state index is 11.9. The molecule has 0 radical (unpaired) electrons. The van der Waals surface area contributed by atoms with Gasteiger partial charge in [0.2, 0.25) is 0 Å². The zero-order valence-electron chi connectivity index (χ0n) is 11.7. The van der Waals surface area contributed by atoms with Crippen molar-refractivity contribution >= 4 is 11.9 Å². The topological polar surface area (TPSA) is 55.8 Å². The van der Waals surface area contributed by atoms with Crippen molar-refractivity contribution < 1.29 is 19.1 Å². The fraction of sp³-hybridized carbons (Fsp3) is 0.846. The van der Waals surface area contributed by atoms with Crippen LogP contribution in [0.5, 0.6) is 0 Å². The number of carbonyl (C=O) groups excluding carboxylic acids is 2. The van der Waals surface area contributed by atoms with Crippen LogP contribution in [-0.2, 0) is 19.1 Å². The van der Waals surface area contributed by atoms with Crippen LogP contribution >= 0.6 is 0 Å². The van der Waals surface area contributed by atoms with Crippen molar-refractivity contribution in [3.05, 3.63) is 0 Å². The molecule has 5 nitrogen and oxygen atoms in total. The Balaban J connectivity index is 2.80. The van der Waals surface area contributed by atoms with Gasteiger partial charge in [0, 0.05) is 19.1 Å². The lowest BCUT2D eigenvalue weighted by atomic mass is 9.78. The monoisotopic (exact) mass is 257 g/mol. The summed E-state index contributed by atoms with van der Waals surface area (Å²) in [6, 6.07) is 0.471. The van der Waals surface area contributed by atoms with Gasteiger partial charge in [0.05, 0.1) is 14.2 Å². The molecule has 0 unspecified atom stereocenters. The van der Waals surface area contributed by atoms with Crippen LogP contribution in [0.3, 0.4) is 0 Å². The predicted octanol–water partition coefficient (Wildman–Crippen LogP) is 1.21. The summed E-state index contributed by atoms with van der Waals surface area (Å²) in [5, 5.41) is 0. The number of hydrogen-bond donors (Lipinski definition) is 0. The Morgan fingerprint density at radius 3 is 1.94 bits per heavy atom. The van der Waals surface area contributed by atoms with Crippen molar-refractivity contribution in [1.29, 1.82) is 0 Å². The van der Waals surface area contributed by atoms with Crippen molar-refractivity contribution in [2.45, 2.75) is 39.2 Å². The number of likely N-dealkylation sites (tertiary alicyclic amines) is 1. The molecule has 1 aliphatic rings. The number of piperidine rings is 1. The molecule has 0 spiro atoms. The van der Waals surface area contributed by atoms with Gasteiger partial charge in [-0.2, -0.15) is 0 Å². The molecule has 0 aromatic rings. The highest BCUT2D eigenvalue weighted by Crippen LogP contribution is 2.35. The quantitative estimate of drug-likeness (QED) is 0.560. The van der Waals surface area contributed by atoms with E-state index in [0.717, 1.165) is 19.5 Å². The number of hydrogen-bond acceptors (Lipinski definition) is 5. The summed E-state index contributed by atoms with van der Waals surface area (Å²) >= 11 is 0. The van der Waals surface area contributed by atoms with Crippen LogP contribution in [0, 0.1) is 5.41 Å². The highest BCUT2D eigenvalue weighted by Gasteiger charge is 2.50. The molecular weight excluding hydrogens is 234 g/mol. The van der Waals surface area contributed by atoms with E-state index in [2.05, 4.69) is 18.7 Å². The van der Waals surface area contributed by atoms with E-state index in [1.54, 1.807) is 0 Å². The fourth-order valence-electron chi connectivity index (χ4n) is 2.49. The summed E-state index contributed by atoms with van der Waals surface area (Å²) in [5.41, 5.74) is -1.10. The lowest BCUT2D eigenvalue weighted by Gasteiger charge is -2.39. The molecule has 104 valence electrons. The summed E-state index contributed by atoms with van der Waals surface area (Å²) in [4.78, 5) is 26.1. The summed E-state index contributed by atoms with van der Waals surface area (Å²) in [7, 11) is 2.63. The summed E-state index contributed by atoms with van der Waals surface area (Å²) in [6.45, 7) is 5.73. The van der Waals surface area contributed by atoms with Crippen LogP contribution in [0.25, 0.3) is 0 Å². The van der Waals surface area contributed by atoms with Gasteiger partial charge in [0.25, 0.3) is 0 Å². The molecule has 0 aromatic carbocycles. The van der Waals surface area contributed by atoms with Crippen molar-refractivity contribution in [2.24, 2.45) is 5.41 Å². The minimum atomic E-state index is -1.10. The number of nitrogens with zero attached hydrogens (tertiary/aromatic N) is 1. The first-order valence-corrected chi connectivity index (χ1v) is 6.42. The van der Waals surface area contributed by atoms with Crippen LogP contribution in [0.15, 0.2) is 0 Å². The Kier molecular flexibility index (Phi) is 5.14. The third-order valence-corrected chi connectivity index (χ3v) is 4.02. The second-order valence-electron chi connectivity index (χ2n) is 4.86. The Morgan fingerprint density at radius 1 is 1.17 bits per heavy atom. The third-order valence-electron chi connectivity index (χ3n) is 4.02. The van der Waals surface area contributed by atoms with Gasteiger partial charge in [-0.1, -0.05) is 6.92 Å². The first-order valence-electron chi connectivity index (χ1n) is 6.42. The van der Waals surface area contributed by atoms with E-state index in [1.807, 2.05) is 0 Å². The fourth-order valence-corrected chi connectivity index (χ4v) is 2.49. The average Bonchev–Trinajstić information content (AvgIpc) is 2.44. The molecule has 0 bridgehead atoms. The molecule has 18 heavy (non-hydrogen) atoms. The Hall–Kier alpha value is -1.10. The molecule has 5 heteroatoms. The van der Waals surface area contributed by atoms with E-state index in [-0.39, 0.29) is 0 Å². The minimum Gasteiger partial charge on any atom is -0.468 e. The Bertz CT molecular complexity index is 290. The van der Waals surface area contributed by atoms with Gasteiger partial charge in [-0.25, -0.2) is 0 Å². The average molecular weight is 257 g/mol. The van der Waals surface area contributed by atoms with Gasteiger partial charge in [-0.3, -0.25) is 9.59 Å². The zero-order valence-corrected chi connectivity index (χ0v) is 11.7. The van der Waals surface area contributed by atoms with Gasteiger partial charge >= 0.3 is 11.9 Å². The molecule has 1 atom stereocenters. The van der Waals surface area contributed by atoms with Crippen LogP contribution < -0.4 is 0 Å². The number of ether oxygens (including phenoxy) is 2. The number of methoxy groups -OCH3 is 2. The molecule has 0 aromatic heterocycles. The lowest BCUT2D eigenvalue weighted by molar-refractivity contribution is -0.173. The standard InChI is InChI=1S/C13H23NO4/c1-5-10(2)14-8-6-13(7-9-14,11(15)17-3)12(16)18-4/h10H,5-9H2,1-4H3/t10-/m0/s1. The maximum Gasteiger partial charge on any atom is 0.323 e. The SMILES string of the molecule is CC[C@H](C)N1CCC(C(=O)OC)(C(=O)OC)CC1. The Morgan fingerprint density at radius 2 is 1.61 bits per heavy atom. The minimum absolute atomic E-state index is 0.469. The normalized spacial score (nSPS) is 21.1. The van der Waals surface area contributed by atoms with Gasteiger partial charge in [0.15, 0.2) is 5.41 Å². The smallest absolute Gasteiger partial charge is 0.323 e. The van der Waals surface area contributed by atoms with E-state index in [0.29, 0.717) is 18.9 Å². The maximum atomic E-state index is 11.9. The van der Waals surface area contributed by atoms with E-state index in [1.165, 1.54) is 14.2 Å². The first-order chi connectivity index (χ1) is 8.51.